The van der Waals surface area contributed by atoms with E-state index in [2.05, 4.69) is 49.9 Å². The molecule has 0 N–H and O–H groups in total. The Morgan fingerprint density at radius 2 is 1.45 bits per heavy atom. The number of allylic oxidation sites excluding steroid dienone is 1. The number of carbonyl (C=O) groups excluding carboxylic acids is 1. The van der Waals surface area contributed by atoms with E-state index >= 15 is 0 Å². The summed E-state index contributed by atoms with van der Waals surface area (Å²) in [4.78, 5) is 15.7. The van der Waals surface area contributed by atoms with Crippen LogP contribution in [0.1, 0.15) is 42.5 Å². The fourth-order valence-electron chi connectivity index (χ4n) is 5.52. The van der Waals surface area contributed by atoms with Crippen LogP contribution in [0.3, 0.4) is 0 Å². The minimum Gasteiger partial charge on any atom is -0.337 e. The molecule has 156 valence electrons. The summed E-state index contributed by atoms with van der Waals surface area (Å²) in [7, 11) is 0. The topological polar surface area (TPSA) is 29.5 Å². The maximum atomic E-state index is 13.7. The van der Waals surface area contributed by atoms with Gasteiger partial charge < -0.3 is 9.64 Å². The average molecular weight is 410 g/mol. The van der Waals surface area contributed by atoms with Crippen LogP contribution in [0.25, 0.3) is 0 Å². The highest BCUT2D eigenvalue weighted by Gasteiger charge is 2.66. The normalized spacial score (nSPS) is 26.6. The number of fused-ring (bicyclic) bond motifs is 1. The molecular formula is C28H27NO2. The fraction of sp³-hybridized carbons (Fsp3) is 0.250. The number of rotatable bonds is 5. The number of ether oxygens (including phenoxy) is 1. The summed E-state index contributed by atoms with van der Waals surface area (Å²) in [5.41, 5.74) is 1.69. The van der Waals surface area contributed by atoms with Gasteiger partial charge in [-0.25, -0.2) is 0 Å². The zero-order valence-electron chi connectivity index (χ0n) is 17.8. The first-order valence-corrected chi connectivity index (χ1v) is 10.9. The van der Waals surface area contributed by atoms with Crippen LogP contribution in [0, 0.1) is 5.92 Å². The second-order valence-electron chi connectivity index (χ2n) is 8.69. The summed E-state index contributed by atoms with van der Waals surface area (Å²) in [6.45, 7) is 5.93. The second-order valence-corrected chi connectivity index (χ2v) is 8.69. The summed E-state index contributed by atoms with van der Waals surface area (Å²) in [6, 6.07) is 30.7. The summed E-state index contributed by atoms with van der Waals surface area (Å²) in [5, 5.41) is 0. The van der Waals surface area contributed by atoms with Gasteiger partial charge in [0.05, 0.1) is 6.04 Å². The Morgan fingerprint density at radius 1 is 0.935 bits per heavy atom. The predicted octanol–water partition coefficient (Wildman–Crippen LogP) is 5.84. The van der Waals surface area contributed by atoms with E-state index in [-0.39, 0.29) is 17.9 Å². The first-order valence-electron chi connectivity index (χ1n) is 10.9. The van der Waals surface area contributed by atoms with Crippen LogP contribution in [-0.2, 0) is 15.1 Å². The Hall–Kier alpha value is -3.17. The Labute approximate surface area is 184 Å². The van der Waals surface area contributed by atoms with Crippen LogP contribution in [0.5, 0.6) is 0 Å². The lowest BCUT2D eigenvalue weighted by atomic mass is 9.77. The first-order chi connectivity index (χ1) is 15.1. The number of hydrogen-bond donors (Lipinski definition) is 0. The van der Waals surface area contributed by atoms with E-state index in [0.717, 1.165) is 16.7 Å². The molecule has 0 aromatic heterocycles. The number of amides is 1. The maximum Gasteiger partial charge on any atom is 0.229 e. The molecule has 5 rings (SSSR count). The van der Waals surface area contributed by atoms with Crippen LogP contribution in [0.15, 0.2) is 104 Å². The zero-order valence-corrected chi connectivity index (χ0v) is 17.8. The highest BCUT2D eigenvalue weighted by Crippen LogP contribution is 2.61. The van der Waals surface area contributed by atoms with Gasteiger partial charge in [-0.2, -0.15) is 0 Å². The number of nitrogens with zero attached hydrogens (tertiary/aromatic N) is 1. The van der Waals surface area contributed by atoms with Crippen LogP contribution in [0.4, 0.5) is 0 Å². The lowest BCUT2D eigenvalue weighted by molar-refractivity contribution is -0.140. The van der Waals surface area contributed by atoms with Gasteiger partial charge in [-0.15, -0.1) is 6.58 Å². The molecule has 3 heteroatoms. The van der Waals surface area contributed by atoms with E-state index < -0.39 is 11.3 Å². The summed E-state index contributed by atoms with van der Waals surface area (Å²) < 4.78 is 7.12. The molecule has 31 heavy (non-hydrogen) atoms. The van der Waals surface area contributed by atoms with Crippen molar-refractivity contribution < 1.29 is 9.53 Å². The molecule has 2 saturated heterocycles. The van der Waals surface area contributed by atoms with Gasteiger partial charge in [0.1, 0.15) is 11.3 Å². The molecule has 3 aromatic carbocycles. The predicted molar refractivity (Wildman–Crippen MR) is 122 cm³/mol. The second kappa shape index (κ2) is 7.51. The molecule has 2 heterocycles. The third kappa shape index (κ3) is 2.95. The molecule has 3 atom stereocenters. The van der Waals surface area contributed by atoms with Gasteiger partial charge in [0.15, 0.2) is 0 Å². The Kier molecular flexibility index (Phi) is 4.79. The molecule has 0 saturated carbocycles. The summed E-state index contributed by atoms with van der Waals surface area (Å²) in [6.07, 6.45) is 3.16. The van der Waals surface area contributed by atoms with E-state index in [0.29, 0.717) is 12.8 Å². The molecule has 0 aliphatic carbocycles. The highest BCUT2D eigenvalue weighted by molar-refractivity contribution is 5.83. The first kappa shape index (κ1) is 19.8. The van der Waals surface area contributed by atoms with E-state index in [1.165, 1.54) is 0 Å². The number of hydrogen-bond acceptors (Lipinski definition) is 2. The number of benzene rings is 3. The minimum absolute atomic E-state index is 0.0988. The van der Waals surface area contributed by atoms with Crippen molar-refractivity contribution in [2.45, 2.75) is 37.1 Å². The minimum atomic E-state index is -0.798. The van der Waals surface area contributed by atoms with E-state index in [9.17, 15) is 4.79 Å². The third-order valence-electron chi connectivity index (χ3n) is 6.72. The molecule has 0 radical (unpaired) electrons. The zero-order chi connectivity index (χ0) is 21.5. The third-order valence-corrected chi connectivity index (χ3v) is 6.72. The lowest BCUT2D eigenvalue weighted by Crippen LogP contribution is -2.41. The van der Waals surface area contributed by atoms with Gasteiger partial charge in [-0.05, 0) is 30.0 Å². The molecule has 1 unspecified atom stereocenters. The van der Waals surface area contributed by atoms with Crippen LogP contribution in [0.2, 0.25) is 0 Å². The van der Waals surface area contributed by atoms with Crippen molar-refractivity contribution in [3.63, 3.8) is 0 Å². The number of carbonyl (C=O) groups is 1. The molecule has 2 fully saturated rings. The highest BCUT2D eigenvalue weighted by atomic mass is 16.6. The van der Waals surface area contributed by atoms with Crippen molar-refractivity contribution in [3.05, 3.63) is 120 Å². The van der Waals surface area contributed by atoms with Crippen LogP contribution >= 0.6 is 0 Å². The molecule has 0 spiro atoms. The van der Waals surface area contributed by atoms with E-state index in [4.69, 9.17) is 4.74 Å². The van der Waals surface area contributed by atoms with Crippen molar-refractivity contribution in [3.8, 4) is 0 Å². The SMILES string of the molecule is C=CCC1C[C@@]2(C)OC(c3ccccc3)(c3ccccc3)[C@H](c3ccccc3)N2C1=O. The fourth-order valence-corrected chi connectivity index (χ4v) is 5.52. The van der Waals surface area contributed by atoms with Crippen LogP contribution < -0.4 is 0 Å². The standard InChI is InChI=1S/C28H27NO2/c1-3-13-22-20-27(2)29(26(22)30)25(21-14-7-4-8-15-21)28(31-27,23-16-9-5-10-17-23)24-18-11-6-12-19-24/h3-12,14-19,22,25H,1,13,20H2,2H3/t22?,25-,27+/m0/s1. The molecule has 3 nitrogen and oxygen atoms in total. The Balaban J connectivity index is 1.78. The lowest BCUT2D eigenvalue weighted by Gasteiger charge is -2.37. The van der Waals surface area contributed by atoms with Gasteiger partial charge in [0, 0.05) is 12.3 Å². The maximum absolute atomic E-state index is 13.7. The van der Waals surface area contributed by atoms with Gasteiger partial charge >= 0.3 is 0 Å². The van der Waals surface area contributed by atoms with E-state index in [1.54, 1.807) is 0 Å². The average Bonchev–Trinajstić information content (AvgIpc) is 3.22. The quantitative estimate of drug-likeness (QED) is 0.495. The van der Waals surface area contributed by atoms with Crippen molar-refractivity contribution >= 4 is 5.91 Å². The van der Waals surface area contributed by atoms with Gasteiger partial charge in [-0.1, -0.05) is 97.1 Å². The molecule has 2 aliphatic heterocycles. The van der Waals surface area contributed by atoms with Crippen molar-refractivity contribution in [2.75, 3.05) is 0 Å². The Morgan fingerprint density at radius 3 is 1.97 bits per heavy atom. The van der Waals surface area contributed by atoms with Crippen molar-refractivity contribution in [1.29, 1.82) is 0 Å². The van der Waals surface area contributed by atoms with Gasteiger partial charge in [0.25, 0.3) is 0 Å². The molecule has 2 aliphatic rings. The van der Waals surface area contributed by atoms with Gasteiger partial charge in [0.2, 0.25) is 5.91 Å². The van der Waals surface area contributed by atoms with Gasteiger partial charge in [-0.3, -0.25) is 4.79 Å². The smallest absolute Gasteiger partial charge is 0.229 e. The van der Waals surface area contributed by atoms with Crippen LogP contribution in [-0.4, -0.2) is 16.5 Å². The van der Waals surface area contributed by atoms with Crippen molar-refractivity contribution in [1.82, 2.24) is 4.90 Å². The Bertz CT molecular complexity index is 1040. The molecule has 1 amide bonds. The molecule has 0 bridgehead atoms. The summed E-state index contributed by atoms with van der Waals surface area (Å²) >= 11 is 0. The summed E-state index contributed by atoms with van der Waals surface area (Å²) in [5.74, 6) is 0.0447. The monoisotopic (exact) mass is 409 g/mol. The molecule has 3 aromatic rings. The van der Waals surface area contributed by atoms with Crippen molar-refractivity contribution in [2.24, 2.45) is 5.92 Å². The largest absolute Gasteiger partial charge is 0.337 e. The van der Waals surface area contributed by atoms with E-state index in [1.807, 2.05) is 65.6 Å². The molecular weight excluding hydrogens is 382 g/mol.